The summed E-state index contributed by atoms with van der Waals surface area (Å²) in [6.45, 7) is 7.85. The Bertz CT molecular complexity index is 958. The Morgan fingerprint density at radius 2 is 1.76 bits per heavy atom. The van der Waals surface area contributed by atoms with Crippen LogP contribution in [0.1, 0.15) is 68.8 Å². The standard InChI is InChI=1S/C26H37F3N4O4/c1-25(2,3)37-24(36)31-20-9-10-21(18(14-20)16-33-11-4-5-12-33)32-22(34)15-30-23(35)17-7-6-8-19(13-17)26(27,28)29/h6-8,13,18,20-21H,4-5,9-12,14-16H2,1-3H3,(H,30,35)(H,31,36)(H,32,34)/t18?,20-,21?/m0/s1. The Morgan fingerprint density at radius 1 is 1.05 bits per heavy atom. The Labute approximate surface area is 215 Å². The van der Waals surface area contributed by atoms with Crippen LogP contribution in [0.3, 0.4) is 0 Å². The van der Waals surface area contributed by atoms with Crippen molar-refractivity contribution in [2.45, 2.75) is 76.7 Å². The van der Waals surface area contributed by atoms with Crippen LogP contribution in [-0.2, 0) is 15.7 Å². The summed E-state index contributed by atoms with van der Waals surface area (Å²) in [7, 11) is 0. The number of carbonyl (C=O) groups excluding carboxylic acids is 3. The van der Waals surface area contributed by atoms with Gasteiger partial charge < -0.3 is 25.6 Å². The maximum Gasteiger partial charge on any atom is 0.416 e. The number of carbonyl (C=O) groups is 3. The van der Waals surface area contributed by atoms with Gasteiger partial charge in [-0.05, 0) is 90.1 Å². The van der Waals surface area contributed by atoms with Crippen LogP contribution in [0.2, 0.25) is 0 Å². The lowest BCUT2D eigenvalue weighted by Gasteiger charge is -2.39. The third-order valence-electron chi connectivity index (χ3n) is 6.60. The third kappa shape index (κ3) is 9.21. The first-order valence-electron chi connectivity index (χ1n) is 12.8. The molecule has 37 heavy (non-hydrogen) atoms. The summed E-state index contributed by atoms with van der Waals surface area (Å²) in [5, 5.41) is 8.35. The van der Waals surface area contributed by atoms with E-state index in [0.29, 0.717) is 19.3 Å². The molecule has 8 nitrogen and oxygen atoms in total. The van der Waals surface area contributed by atoms with E-state index in [1.807, 2.05) is 0 Å². The number of alkyl halides is 3. The van der Waals surface area contributed by atoms with Crippen molar-refractivity contribution in [3.8, 4) is 0 Å². The summed E-state index contributed by atoms with van der Waals surface area (Å²) < 4.78 is 44.2. The highest BCUT2D eigenvalue weighted by atomic mass is 19.4. The fourth-order valence-corrected chi connectivity index (χ4v) is 4.92. The van der Waals surface area contributed by atoms with E-state index in [1.54, 1.807) is 20.8 Å². The van der Waals surface area contributed by atoms with Crippen molar-refractivity contribution in [2.75, 3.05) is 26.2 Å². The summed E-state index contributed by atoms with van der Waals surface area (Å²) in [6.07, 6.45) is -0.775. The number of nitrogens with zero attached hydrogens (tertiary/aromatic N) is 1. The van der Waals surface area contributed by atoms with Gasteiger partial charge in [0.2, 0.25) is 5.91 Å². The topological polar surface area (TPSA) is 99.8 Å². The molecule has 1 saturated carbocycles. The highest BCUT2D eigenvalue weighted by molar-refractivity contribution is 5.96. The molecule has 11 heteroatoms. The number of hydrogen-bond donors (Lipinski definition) is 3. The van der Waals surface area contributed by atoms with Crippen LogP contribution in [0.15, 0.2) is 24.3 Å². The molecule has 1 aliphatic heterocycles. The van der Waals surface area contributed by atoms with Gasteiger partial charge in [0, 0.05) is 24.2 Å². The number of hydrogen-bond acceptors (Lipinski definition) is 5. The number of benzene rings is 1. The molecule has 1 aromatic rings. The number of amides is 3. The maximum absolute atomic E-state index is 12.9. The van der Waals surface area contributed by atoms with Gasteiger partial charge in [0.05, 0.1) is 12.1 Å². The predicted molar refractivity (Wildman–Crippen MR) is 132 cm³/mol. The average molecular weight is 527 g/mol. The van der Waals surface area contributed by atoms with Gasteiger partial charge in [-0.3, -0.25) is 9.59 Å². The number of ether oxygens (including phenoxy) is 1. The fourth-order valence-electron chi connectivity index (χ4n) is 4.92. The first-order valence-corrected chi connectivity index (χ1v) is 12.8. The normalized spacial score (nSPS) is 22.8. The van der Waals surface area contributed by atoms with Crippen LogP contribution in [-0.4, -0.2) is 66.7 Å². The van der Waals surface area contributed by atoms with E-state index < -0.39 is 35.2 Å². The second kappa shape index (κ2) is 12.1. The largest absolute Gasteiger partial charge is 0.444 e. The highest BCUT2D eigenvalue weighted by Crippen LogP contribution is 2.30. The molecule has 1 aliphatic carbocycles. The number of alkyl carbamates (subject to hydrolysis) is 1. The molecule has 3 atom stereocenters. The average Bonchev–Trinajstić information content (AvgIpc) is 3.30. The van der Waals surface area contributed by atoms with E-state index in [-0.39, 0.29) is 30.1 Å². The summed E-state index contributed by atoms with van der Waals surface area (Å²) in [4.78, 5) is 39.6. The zero-order valence-corrected chi connectivity index (χ0v) is 21.6. The van der Waals surface area contributed by atoms with Crippen LogP contribution >= 0.6 is 0 Å². The van der Waals surface area contributed by atoms with Crippen molar-refractivity contribution >= 4 is 17.9 Å². The molecule has 0 radical (unpaired) electrons. The molecule has 206 valence electrons. The summed E-state index contributed by atoms with van der Waals surface area (Å²) in [5.41, 5.74) is -1.68. The maximum atomic E-state index is 12.9. The SMILES string of the molecule is CC(C)(C)OC(=O)N[C@H]1CCC(NC(=O)CNC(=O)c2cccc(C(F)(F)F)c2)C(CN2CCCC2)C1. The molecular formula is C26H37F3N4O4. The monoisotopic (exact) mass is 526 g/mol. The molecule has 1 aromatic carbocycles. The molecule has 0 spiro atoms. The van der Waals surface area contributed by atoms with Gasteiger partial charge in [-0.25, -0.2) is 4.79 Å². The van der Waals surface area contributed by atoms with Crippen molar-refractivity contribution < 1.29 is 32.3 Å². The summed E-state index contributed by atoms with van der Waals surface area (Å²) >= 11 is 0. The minimum atomic E-state index is -4.56. The first kappa shape index (κ1) is 28.7. The molecule has 2 unspecified atom stereocenters. The molecule has 0 aromatic heterocycles. The van der Waals surface area contributed by atoms with Crippen LogP contribution in [0.25, 0.3) is 0 Å². The molecule has 0 bridgehead atoms. The lowest BCUT2D eigenvalue weighted by molar-refractivity contribution is -0.137. The van der Waals surface area contributed by atoms with Gasteiger partial charge in [0.1, 0.15) is 5.60 Å². The van der Waals surface area contributed by atoms with Gasteiger partial charge in [0.25, 0.3) is 5.91 Å². The van der Waals surface area contributed by atoms with Crippen LogP contribution in [0.4, 0.5) is 18.0 Å². The first-order chi connectivity index (χ1) is 17.3. The van der Waals surface area contributed by atoms with Gasteiger partial charge in [-0.15, -0.1) is 0 Å². The molecule has 1 saturated heterocycles. The quantitative estimate of drug-likeness (QED) is 0.503. The third-order valence-corrected chi connectivity index (χ3v) is 6.60. The number of nitrogens with one attached hydrogen (secondary N) is 3. The Balaban J connectivity index is 1.55. The molecule has 2 aliphatic rings. The number of rotatable bonds is 7. The molecule has 3 rings (SSSR count). The van der Waals surface area contributed by atoms with E-state index in [9.17, 15) is 27.6 Å². The van der Waals surface area contributed by atoms with E-state index in [1.165, 1.54) is 6.07 Å². The fraction of sp³-hybridized carbons (Fsp3) is 0.654. The number of likely N-dealkylation sites (tertiary alicyclic amines) is 1. The molecule has 3 N–H and O–H groups in total. The van der Waals surface area contributed by atoms with Crippen molar-refractivity contribution in [1.82, 2.24) is 20.9 Å². The molecule has 2 fully saturated rings. The lowest BCUT2D eigenvalue weighted by Crippen LogP contribution is -2.53. The van der Waals surface area contributed by atoms with Gasteiger partial charge in [-0.2, -0.15) is 13.2 Å². The molecule has 1 heterocycles. The summed E-state index contributed by atoms with van der Waals surface area (Å²) in [5.74, 6) is -1.06. The van der Waals surface area contributed by atoms with Crippen LogP contribution in [0, 0.1) is 5.92 Å². The number of halogens is 3. The summed E-state index contributed by atoms with van der Waals surface area (Å²) in [6, 6.07) is 3.86. The molecular weight excluding hydrogens is 489 g/mol. The predicted octanol–water partition coefficient (Wildman–Crippen LogP) is 3.71. The van der Waals surface area contributed by atoms with Gasteiger partial charge >= 0.3 is 12.3 Å². The van der Waals surface area contributed by atoms with Crippen molar-refractivity contribution in [2.24, 2.45) is 5.92 Å². The van der Waals surface area contributed by atoms with Crippen molar-refractivity contribution in [3.63, 3.8) is 0 Å². The lowest BCUT2D eigenvalue weighted by atomic mass is 9.81. The highest BCUT2D eigenvalue weighted by Gasteiger charge is 2.35. The van der Waals surface area contributed by atoms with Crippen molar-refractivity contribution in [1.29, 1.82) is 0 Å². The van der Waals surface area contributed by atoms with Crippen LogP contribution in [0.5, 0.6) is 0 Å². The smallest absolute Gasteiger partial charge is 0.416 e. The van der Waals surface area contributed by atoms with E-state index in [2.05, 4.69) is 20.9 Å². The van der Waals surface area contributed by atoms with E-state index in [4.69, 9.17) is 4.74 Å². The zero-order valence-electron chi connectivity index (χ0n) is 21.6. The second-order valence-corrected chi connectivity index (χ2v) is 10.9. The van der Waals surface area contributed by atoms with Gasteiger partial charge in [0.15, 0.2) is 0 Å². The van der Waals surface area contributed by atoms with E-state index in [0.717, 1.165) is 50.7 Å². The minimum absolute atomic E-state index is 0.0729. The Morgan fingerprint density at radius 3 is 2.41 bits per heavy atom. The minimum Gasteiger partial charge on any atom is -0.444 e. The Kier molecular flexibility index (Phi) is 9.44. The zero-order chi connectivity index (χ0) is 27.2. The van der Waals surface area contributed by atoms with Crippen molar-refractivity contribution in [3.05, 3.63) is 35.4 Å². The van der Waals surface area contributed by atoms with E-state index >= 15 is 0 Å². The Hall–Kier alpha value is -2.82. The molecule has 3 amide bonds. The second-order valence-electron chi connectivity index (χ2n) is 10.9. The van der Waals surface area contributed by atoms with Crippen LogP contribution < -0.4 is 16.0 Å². The van der Waals surface area contributed by atoms with Gasteiger partial charge in [-0.1, -0.05) is 6.07 Å².